The van der Waals surface area contributed by atoms with Gasteiger partial charge in [-0.3, -0.25) is 20.2 Å². The molecular weight excluding hydrogens is 419 g/mol. The Morgan fingerprint density at radius 3 is 2.57 bits per heavy atom. The van der Waals surface area contributed by atoms with Crippen molar-refractivity contribution in [2.45, 2.75) is 0 Å². The number of carbonyl (C=O) groups is 2. The number of imide groups is 1. The van der Waals surface area contributed by atoms with Gasteiger partial charge in [-0.05, 0) is 30.3 Å². The first-order chi connectivity index (χ1) is 14.3. The summed E-state index contributed by atoms with van der Waals surface area (Å²) in [5.41, 5.74) is -0.458. The van der Waals surface area contributed by atoms with Crippen LogP contribution in [0.1, 0.15) is 10.4 Å². The average Bonchev–Trinajstić information content (AvgIpc) is 2.71. The third kappa shape index (κ3) is 5.06. The minimum Gasteiger partial charge on any atom is -0.437 e. The van der Waals surface area contributed by atoms with Crippen molar-refractivity contribution in [3.8, 4) is 11.6 Å². The molecule has 152 valence electrons. The van der Waals surface area contributed by atoms with Gasteiger partial charge in [0.25, 0.3) is 11.6 Å². The third-order valence-electron chi connectivity index (χ3n) is 3.68. The second kappa shape index (κ2) is 8.97. The van der Waals surface area contributed by atoms with E-state index in [9.17, 15) is 24.1 Å². The van der Waals surface area contributed by atoms with Gasteiger partial charge >= 0.3 is 6.03 Å². The molecule has 0 bridgehead atoms. The summed E-state index contributed by atoms with van der Waals surface area (Å²) < 4.78 is 18.3. The number of urea groups is 1. The van der Waals surface area contributed by atoms with E-state index in [4.69, 9.17) is 16.3 Å². The number of aromatic nitrogens is 1. The fraction of sp³-hybridized carbons (Fsp3) is 0. The maximum absolute atomic E-state index is 12.9. The van der Waals surface area contributed by atoms with Gasteiger partial charge in [0.2, 0.25) is 5.88 Å². The van der Waals surface area contributed by atoms with Crippen molar-refractivity contribution in [1.29, 1.82) is 0 Å². The second-order valence-electron chi connectivity index (χ2n) is 5.74. The molecular formula is C19H12ClFN4O5. The van der Waals surface area contributed by atoms with Crippen LogP contribution in [0.4, 0.5) is 20.6 Å². The van der Waals surface area contributed by atoms with E-state index in [0.29, 0.717) is 0 Å². The summed E-state index contributed by atoms with van der Waals surface area (Å²) in [6.07, 6.45) is 0.984. The maximum atomic E-state index is 12.9. The van der Waals surface area contributed by atoms with E-state index >= 15 is 0 Å². The van der Waals surface area contributed by atoms with E-state index in [-0.39, 0.29) is 27.9 Å². The molecule has 9 nitrogen and oxygen atoms in total. The number of hydrogen-bond acceptors (Lipinski definition) is 6. The predicted octanol–water partition coefficient (Wildman–Crippen LogP) is 4.54. The summed E-state index contributed by atoms with van der Waals surface area (Å²) >= 11 is 6.11. The quantitative estimate of drug-likeness (QED) is 0.452. The van der Waals surface area contributed by atoms with Gasteiger partial charge in [0.1, 0.15) is 17.1 Å². The number of nitrogens with zero attached hydrogens (tertiary/aromatic N) is 2. The van der Waals surface area contributed by atoms with E-state index in [0.717, 1.165) is 12.3 Å². The Morgan fingerprint density at radius 2 is 1.90 bits per heavy atom. The minimum absolute atomic E-state index is 0.115. The van der Waals surface area contributed by atoms with Crippen molar-refractivity contribution < 1.29 is 23.6 Å². The summed E-state index contributed by atoms with van der Waals surface area (Å²) in [5.74, 6) is -1.13. The number of amides is 3. The number of anilines is 1. The molecule has 3 amide bonds. The number of carbonyl (C=O) groups excluding carboxylic acids is 2. The maximum Gasteiger partial charge on any atom is 0.326 e. The Balaban J connectivity index is 1.65. The van der Waals surface area contributed by atoms with Crippen LogP contribution in [0.3, 0.4) is 0 Å². The molecule has 0 saturated heterocycles. The van der Waals surface area contributed by atoms with Gasteiger partial charge in [0.15, 0.2) is 0 Å². The van der Waals surface area contributed by atoms with E-state index in [1.54, 1.807) is 0 Å². The van der Waals surface area contributed by atoms with Gasteiger partial charge < -0.3 is 10.1 Å². The van der Waals surface area contributed by atoms with Crippen LogP contribution >= 0.6 is 11.6 Å². The Morgan fingerprint density at radius 1 is 1.13 bits per heavy atom. The van der Waals surface area contributed by atoms with Crippen LogP contribution in [0, 0.1) is 15.9 Å². The second-order valence-corrected chi connectivity index (χ2v) is 6.15. The number of halogens is 2. The van der Waals surface area contributed by atoms with Crippen molar-refractivity contribution in [3.63, 3.8) is 0 Å². The first-order valence-corrected chi connectivity index (χ1v) is 8.66. The Hall–Kier alpha value is -4.05. The highest BCUT2D eigenvalue weighted by Crippen LogP contribution is 2.31. The molecule has 2 N–H and O–H groups in total. The van der Waals surface area contributed by atoms with Gasteiger partial charge in [0.05, 0.1) is 16.1 Å². The topological polar surface area (TPSA) is 123 Å². The highest BCUT2D eigenvalue weighted by atomic mass is 35.5. The van der Waals surface area contributed by atoms with Gasteiger partial charge in [-0.1, -0.05) is 23.7 Å². The zero-order valence-corrected chi connectivity index (χ0v) is 15.7. The molecule has 0 saturated carbocycles. The van der Waals surface area contributed by atoms with E-state index in [2.05, 4.69) is 10.3 Å². The molecule has 0 aliphatic heterocycles. The number of nitrogens with one attached hydrogen (secondary N) is 2. The summed E-state index contributed by atoms with van der Waals surface area (Å²) in [5, 5.41) is 15.5. The molecule has 0 atom stereocenters. The largest absolute Gasteiger partial charge is 0.437 e. The summed E-state index contributed by atoms with van der Waals surface area (Å²) in [6, 6.07) is 11.0. The standard InChI is InChI=1S/C19H12ClFN4O5/c20-14-9-12(6-7-16(14)30-17-8-5-11(21)10-22-17)23-19(27)24-18(26)13-3-1-2-4-15(13)25(28)29/h1-10H,(H2,23,24,26,27). The lowest BCUT2D eigenvalue weighted by Gasteiger charge is -2.10. The number of para-hydroxylation sites is 1. The number of rotatable bonds is 5. The normalized spacial score (nSPS) is 10.2. The molecule has 3 rings (SSSR count). The number of pyridine rings is 1. The van der Waals surface area contributed by atoms with Gasteiger partial charge in [-0.15, -0.1) is 0 Å². The molecule has 11 heteroatoms. The van der Waals surface area contributed by atoms with Crippen LogP contribution < -0.4 is 15.4 Å². The molecule has 0 radical (unpaired) electrons. The molecule has 0 spiro atoms. The fourth-order valence-electron chi connectivity index (χ4n) is 2.35. The highest BCUT2D eigenvalue weighted by Gasteiger charge is 2.21. The van der Waals surface area contributed by atoms with Crippen molar-refractivity contribution in [2.24, 2.45) is 0 Å². The van der Waals surface area contributed by atoms with Crippen LogP contribution in [-0.2, 0) is 0 Å². The third-order valence-corrected chi connectivity index (χ3v) is 3.97. The molecule has 0 unspecified atom stereocenters. The molecule has 0 aliphatic carbocycles. The lowest BCUT2D eigenvalue weighted by molar-refractivity contribution is -0.385. The van der Waals surface area contributed by atoms with Crippen molar-refractivity contribution in [1.82, 2.24) is 10.3 Å². The lowest BCUT2D eigenvalue weighted by atomic mass is 10.1. The van der Waals surface area contributed by atoms with Crippen LogP contribution in [0.5, 0.6) is 11.6 Å². The Bertz CT molecular complexity index is 1120. The molecule has 30 heavy (non-hydrogen) atoms. The Kier molecular flexibility index (Phi) is 6.18. The number of hydrogen-bond donors (Lipinski definition) is 2. The van der Waals surface area contributed by atoms with Crippen LogP contribution in [-0.4, -0.2) is 21.8 Å². The summed E-state index contributed by atoms with van der Waals surface area (Å²) in [7, 11) is 0. The molecule has 2 aromatic carbocycles. The number of benzene rings is 2. The first-order valence-electron chi connectivity index (χ1n) is 8.28. The Labute approximate surface area is 173 Å². The van der Waals surface area contributed by atoms with Crippen molar-refractivity contribution in [2.75, 3.05) is 5.32 Å². The van der Waals surface area contributed by atoms with Crippen molar-refractivity contribution >= 4 is 34.9 Å². The van der Waals surface area contributed by atoms with Gasteiger partial charge in [0, 0.05) is 17.8 Å². The molecule has 1 aromatic heterocycles. The summed E-state index contributed by atoms with van der Waals surface area (Å²) in [4.78, 5) is 38.2. The number of nitro groups is 1. The number of nitro benzene ring substituents is 1. The van der Waals surface area contributed by atoms with Crippen LogP contribution in [0.15, 0.2) is 60.8 Å². The molecule has 0 fully saturated rings. The van der Waals surface area contributed by atoms with Gasteiger partial charge in [-0.2, -0.15) is 0 Å². The van der Waals surface area contributed by atoms with E-state index in [1.165, 1.54) is 48.5 Å². The van der Waals surface area contributed by atoms with Crippen LogP contribution in [0.25, 0.3) is 0 Å². The summed E-state index contributed by atoms with van der Waals surface area (Å²) in [6.45, 7) is 0. The molecule has 1 heterocycles. The zero-order chi connectivity index (χ0) is 21.7. The highest BCUT2D eigenvalue weighted by molar-refractivity contribution is 6.32. The van der Waals surface area contributed by atoms with E-state index < -0.39 is 28.4 Å². The lowest BCUT2D eigenvalue weighted by Crippen LogP contribution is -2.34. The predicted molar refractivity (Wildman–Crippen MR) is 105 cm³/mol. The van der Waals surface area contributed by atoms with Crippen molar-refractivity contribution in [3.05, 3.63) is 87.3 Å². The van der Waals surface area contributed by atoms with Gasteiger partial charge in [-0.25, -0.2) is 14.2 Å². The average molecular weight is 431 g/mol. The van der Waals surface area contributed by atoms with Crippen LogP contribution in [0.2, 0.25) is 5.02 Å². The number of ether oxygens (including phenoxy) is 1. The molecule has 3 aromatic rings. The fourth-order valence-corrected chi connectivity index (χ4v) is 2.57. The first kappa shape index (κ1) is 20.7. The monoisotopic (exact) mass is 430 g/mol. The van der Waals surface area contributed by atoms with E-state index in [1.807, 2.05) is 5.32 Å². The SMILES string of the molecule is O=C(NC(=O)c1ccccc1[N+](=O)[O-])Nc1ccc(Oc2ccc(F)cn2)c(Cl)c1. The minimum atomic E-state index is -0.937. The zero-order valence-electron chi connectivity index (χ0n) is 15.0. The molecule has 0 aliphatic rings. The smallest absolute Gasteiger partial charge is 0.326 e.